The van der Waals surface area contributed by atoms with E-state index in [2.05, 4.69) is 5.32 Å². The van der Waals surface area contributed by atoms with Crippen molar-refractivity contribution in [2.45, 2.75) is 25.5 Å². The predicted octanol–water partition coefficient (Wildman–Crippen LogP) is 0.632. The van der Waals surface area contributed by atoms with Crippen molar-refractivity contribution in [2.24, 2.45) is 0 Å². The van der Waals surface area contributed by atoms with Crippen molar-refractivity contribution in [1.82, 2.24) is 10.2 Å². The molecule has 2 N–H and O–H groups in total. The topological polar surface area (TPSA) is 92.0 Å². The van der Waals surface area contributed by atoms with Gasteiger partial charge in [-0.2, -0.15) is 0 Å². The SMILES string of the molecule is CC(NC(=O)CN1CC(C)(OCC(=O)O)C1)c1ccco1. The highest BCUT2D eigenvalue weighted by Gasteiger charge is 2.40. The highest BCUT2D eigenvalue weighted by Crippen LogP contribution is 2.24. The molecule has 0 saturated carbocycles. The van der Waals surface area contributed by atoms with Crippen LogP contribution >= 0.6 is 0 Å². The third-order valence-electron chi connectivity index (χ3n) is 3.37. The number of hydrogen-bond acceptors (Lipinski definition) is 5. The molecule has 116 valence electrons. The lowest BCUT2D eigenvalue weighted by atomic mass is 9.96. The van der Waals surface area contributed by atoms with E-state index in [0.717, 1.165) is 0 Å². The van der Waals surface area contributed by atoms with Crippen LogP contribution < -0.4 is 5.32 Å². The Hall–Kier alpha value is -1.86. The number of nitrogens with one attached hydrogen (secondary N) is 1. The van der Waals surface area contributed by atoms with Gasteiger partial charge in [0.05, 0.1) is 24.5 Å². The van der Waals surface area contributed by atoms with Gasteiger partial charge in [-0.25, -0.2) is 4.79 Å². The number of aliphatic carboxylic acids is 1. The van der Waals surface area contributed by atoms with E-state index in [1.165, 1.54) is 0 Å². The summed E-state index contributed by atoms with van der Waals surface area (Å²) in [6, 6.07) is 3.41. The highest BCUT2D eigenvalue weighted by molar-refractivity contribution is 5.78. The van der Waals surface area contributed by atoms with Gasteiger partial charge in [-0.15, -0.1) is 0 Å². The molecular formula is C14H20N2O5. The molecule has 2 heterocycles. The maximum Gasteiger partial charge on any atom is 0.329 e. The van der Waals surface area contributed by atoms with E-state index in [0.29, 0.717) is 18.8 Å². The fourth-order valence-electron chi connectivity index (χ4n) is 2.44. The number of furan rings is 1. The summed E-state index contributed by atoms with van der Waals surface area (Å²) < 4.78 is 10.5. The van der Waals surface area contributed by atoms with E-state index in [-0.39, 0.29) is 25.1 Å². The minimum Gasteiger partial charge on any atom is -0.480 e. The number of ether oxygens (including phenoxy) is 1. The van der Waals surface area contributed by atoms with Crippen LogP contribution in [0.5, 0.6) is 0 Å². The summed E-state index contributed by atoms with van der Waals surface area (Å²) in [4.78, 5) is 24.3. The largest absolute Gasteiger partial charge is 0.480 e. The molecule has 1 aromatic heterocycles. The van der Waals surface area contributed by atoms with Crippen molar-refractivity contribution in [3.63, 3.8) is 0 Å². The molecule has 21 heavy (non-hydrogen) atoms. The normalized spacial score (nSPS) is 18.8. The van der Waals surface area contributed by atoms with Gasteiger partial charge in [-0.1, -0.05) is 0 Å². The van der Waals surface area contributed by atoms with Crippen LogP contribution in [0.2, 0.25) is 0 Å². The van der Waals surface area contributed by atoms with Crippen molar-refractivity contribution < 1.29 is 23.8 Å². The van der Waals surface area contributed by atoms with Crippen LogP contribution in [0.25, 0.3) is 0 Å². The Morgan fingerprint density at radius 1 is 1.57 bits per heavy atom. The molecule has 0 aliphatic carbocycles. The minimum absolute atomic E-state index is 0.0980. The molecule has 0 radical (unpaired) electrons. The number of carboxylic acid groups (broad SMARTS) is 1. The van der Waals surface area contributed by atoms with E-state index in [4.69, 9.17) is 14.3 Å². The van der Waals surface area contributed by atoms with E-state index in [1.54, 1.807) is 12.3 Å². The van der Waals surface area contributed by atoms with Crippen molar-refractivity contribution in [1.29, 1.82) is 0 Å². The van der Waals surface area contributed by atoms with Crippen LogP contribution in [0.1, 0.15) is 25.6 Å². The molecule has 1 fully saturated rings. The van der Waals surface area contributed by atoms with E-state index in [9.17, 15) is 9.59 Å². The van der Waals surface area contributed by atoms with Gasteiger partial charge in [0, 0.05) is 13.1 Å². The summed E-state index contributed by atoms with van der Waals surface area (Å²) >= 11 is 0. The predicted molar refractivity (Wildman–Crippen MR) is 73.7 cm³/mol. The van der Waals surface area contributed by atoms with Gasteiger partial charge in [0.25, 0.3) is 0 Å². The molecule has 1 aliphatic rings. The van der Waals surface area contributed by atoms with Crippen LogP contribution in [0.15, 0.2) is 22.8 Å². The van der Waals surface area contributed by atoms with Gasteiger partial charge in [0.15, 0.2) is 0 Å². The average molecular weight is 296 g/mol. The number of rotatable bonds is 7. The highest BCUT2D eigenvalue weighted by atomic mass is 16.5. The van der Waals surface area contributed by atoms with Crippen LogP contribution in [0.4, 0.5) is 0 Å². The number of likely N-dealkylation sites (tertiary alicyclic amines) is 1. The summed E-state index contributed by atoms with van der Waals surface area (Å²) in [6.07, 6.45) is 1.57. The van der Waals surface area contributed by atoms with Crippen molar-refractivity contribution in [3.8, 4) is 0 Å². The van der Waals surface area contributed by atoms with Gasteiger partial charge < -0.3 is 19.6 Å². The number of carbonyl (C=O) groups is 2. The Labute approximate surface area is 122 Å². The Bertz CT molecular complexity index is 493. The first-order chi connectivity index (χ1) is 9.88. The molecule has 1 aliphatic heterocycles. The van der Waals surface area contributed by atoms with Crippen LogP contribution in [-0.2, 0) is 14.3 Å². The lowest BCUT2D eigenvalue weighted by Gasteiger charge is -2.47. The number of hydrogen-bond donors (Lipinski definition) is 2. The van der Waals surface area contributed by atoms with Crippen LogP contribution in [0.3, 0.4) is 0 Å². The lowest BCUT2D eigenvalue weighted by Crippen LogP contribution is -2.63. The molecule has 1 saturated heterocycles. The van der Waals surface area contributed by atoms with Crippen molar-refractivity contribution in [2.75, 3.05) is 26.2 Å². The second-order valence-corrected chi connectivity index (χ2v) is 5.58. The smallest absolute Gasteiger partial charge is 0.329 e. The molecule has 0 spiro atoms. The summed E-state index contributed by atoms with van der Waals surface area (Å²) in [5, 5.41) is 11.4. The molecule has 2 rings (SSSR count). The maximum atomic E-state index is 11.9. The van der Waals surface area contributed by atoms with Crippen LogP contribution in [0, 0.1) is 0 Å². The maximum absolute atomic E-state index is 11.9. The number of carbonyl (C=O) groups excluding carboxylic acids is 1. The lowest BCUT2D eigenvalue weighted by molar-refractivity contribution is -0.166. The fraction of sp³-hybridized carbons (Fsp3) is 0.571. The van der Waals surface area contributed by atoms with Gasteiger partial charge in [-0.3, -0.25) is 9.69 Å². The zero-order valence-corrected chi connectivity index (χ0v) is 12.2. The second kappa shape index (κ2) is 6.28. The van der Waals surface area contributed by atoms with Crippen molar-refractivity contribution in [3.05, 3.63) is 24.2 Å². The van der Waals surface area contributed by atoms with Crippen molar-refractivity contribution >= 4 is 11.9 Å². The Balaban J connectivity index is 1.70. The first kappa shape index (κ1) is 15.5. The molecule has 1 unspecified atom stereocenters. The Kier molecular flexibility index (Phi) is 4.64. The molecule has 7 heteroatoms. The molecular weight excluding hydrogens is 276 g/mol. The van der Waals surface area contributed by atoms with Crippen LogP contribution in [-0.4, -0.2) is 53.7 Å². The molecule has 0 bridgehead atoms. The van der Waals surface area contributed by atoms with E-state index in [1.807, 2.05) is 24.8 Å². The second-order valence-electron chi connectivity index (χ2n) is 5.58. The number of amides is 1. The number of nitrogens with zero attached hydrogens (tertiary/aromatic N) is 1. The Morgan fingerprint density at radius 2 is 2.29 bits per heavy atom. The monoisotopic (exact) mass is 296 g/mol. The molecule has 1 atom stereocenters. The molecule has 1 aromatic rings. The summed E-state index contributed by atoms with van der Waals surface area (Å²) in [6.45, 7) is 4.73. The summed E-state index contributed by atoms with van der Waals surface area (Å²) in [7, 11) is 0. The molecule has 1 amide bonds. The number of carboxylic acids is 1. The zero-order chi connectivity index (χ0) is 15.5. The average Bonchev–Trinajstić information content (AvgIpc) is 2.88. The van der Waals surface area contributed by atoms with E-state index < -0.39 is 11.6 Å². The fourth-order valence-corrected chi connectivity index (χ4v) is 2.44. The first-order valence-electron chi connectivity index (χ1n) is 6.79. The van der Waals surface area contributed by atoms with Gasteiger partial charge >= 0.3 is 5.97 Å². The minimum atomic E-state index is -0.986. The first-order valence-corrected chi connectivity index (χ1v) is 6.79. The molecule has 7 nitrogen and oxygen atoms in total. The molecule has 0 aromatic carbocycles. The van der Waals surface area contributed by atoms with E-state index >= 15 is 0 Å². The quantitative estimate of drug-likeness (QED) is 0.767. The van der Waals surface area contributed by atoms with Gasteiger partial charge in [0.1, 0.15) is 12.4 Å². The standard InChI is InChI=1S/C14H20N2O5/c1-10(11-4-3-5-20-11)15-12(17)6-16-8-14(2,9-16)21-7-13(18)19/h3-5,10H,6-9H2,1-2H3,(H,15,17)(H,18,19). The van der Waals surface area contributed by atoms with Gasteiger partial charge in [0.2, 0.25) is 5.91 Å². The third kappa shape index (κ3) is 4.30. The summed E-state index contributed by atoms with van der Waals surface area (Å²) in [5.74, 6) is -0.375. The third-order valence-corrected chi connectivity index (χ3v) is 3.37. The Morgan fingerprint density at radius 3 is 2.86 bits per heavy atom. The van der Waals surface area contributed by atoms with Gasteiger partial charge in [-0.05, 0) is 26.0 Å². The zero-order valence-electron chi connectivity index (χ0n) is 12.2. The summed E-state index contributed by atoms with van der Waals surface area (Å²) in [5.41, 5.74) is -0.481.